The van der Waals surface area contributed by atoms with Gasteiger partial charge in [-0.2, -0.15) is 0 Å². The van der Waals surface area contributed by atoms with Crippen LogP contribution in [0.5, 0.6) is 0 Å². The fourth-order valence-corrected chi connectivity index (χ4v) is 4.95. The molecule has 5 rings (SSSR count). The van der Waals surface area contributed by atoms with Crippen LogP contribution in [-0.4, -0.2) is 30.6 Å². The van der Waals surface area contributed by atoms with E-state index in [1.165, 1.54) is 48.2 Å². The zero-order chi connectivity index (χ0) is 15.9. The summed E-state index contributed by atoms with van der Waals surface area (Å²) in [7, 11) is 0. The van der Waals surface area contributed by atoms with E-state index in [0.717, 1.165) is 19.4 Å². The number of likely N-dealkylation sites (tertiary alicyclic amines) is 1. The summed E-state index contributed by atoms with van der Waals surface area (Å²) in [5.41, 5.74) is 5.87. The highest BCUT2D eigenvalue weighted by molar-refractivity contribution is 5.45. The maximum atomic E-state index is 6.65. The van der Waals surface area contributed by atoms with Crippen LogP contribution < -0.4 is 0 Å². The van der Waals surface area contributed by atoms with Gasteiger partial charge in [-0.3, -0.25) is 0 Å². The Morgan fingerprint density at radius 1 is 0.875 bits per heavy atom. The second kappa shape index (κ2) is 6.02. The molecule has 24 heavy (non-hydrogen) atoms. The van der Waals surface area contributed by atoms with Crippen LogP contribution in [-0.2, 0) is 11.2 Å². The monoisotopic (exact) mass is 319 g/mol. The largest absolute Gasteiger partial charge is 0.368 e. The number of hydrogen-bond donors (Lipinski definition) is 0. The Morgan fingerprint density at radius 2 is 1.54 bits per heavy atom. The standard InChI is InChI=1S/C22H25NO/c1-3-9-19-16(7-1)13-17-8-2-4-10-20(17)22-21(19)14-18(24-22)15-23-11-5-6-12-23/h1-4,7-10,18,21-22H,5-6,11-15H2. The summed E-state index contributed by atoms with van der Waals surface area (Å²) in [5.74, 6) is 0.512. The van der Waals surface area contributed by atoms with Gasteiger partial charge in [0.1, 0.15) is 0 Å². The van der Waals surface area contributed by atoms with Gasteiger partial charge in [0.05, 0.1) is 12.2 Å². The van der Waals surface area contributed by atoms with Crippen molar-refractivity contribution in [1.82, 2.24) is 4.90 Å². The molecule has 2 heteroatoms. The van der Waals surface area contributed by atoms with Crippen molar-refractivity contribution in [3.8, 4) is 0 Å². The second-order valence-corrected chi connectivity index (χ2v) is 7.60. The molecule has 2 aromatic rings. The number of nitrogens with zero attached hydrogens (tertiary/aromatic N) is 1. The van der Waals surface area contributed by atoms with Crippen molar-refractivity contribution in [2.75, 3.05) is 19.6 Å². The Balaban J connectivity index is 1.51. The molecule has 0 radical (unpaired) electrons. The Morgan fingerprint density at radius 3 is 2.33 bits per heavy atom. The van der Waals surface area contributed by atoms with Crippen molar-refractivity contribution < 1.29 is 4.74 Å². The predicted octanol–water partition coefficient (Wildman–Crippen LogP) is 4.30. The fraction of sp³-hybridized carbons (Fsp3) is 0.455. The lowest BCUT2D eigenvalue weighted by atomic mass is 9.87. The van der Waals surface area contributed by atoms with E-state index in [9.17, 15) is 0 Å². The molecular weight excluding hydrogens is 294 g/mol. The zero-order valence-corrected chi connectivity index (χ0v) is 14.2. The molecule has 3 aliphatic rings. The van der Waals surface area contributed by atoms with Gasteiger partial charge in [-0.25, -0.2) is 0 Å². The van der Waals surface area contributed by atoms with Gasteiger partial charge in [-0.1, -0.05) is 48.5 Å². The molecule has 0 N–H and O–H groups in total. The number of hydrogen-bond acceptors (Lipinski definition) is 2. The minimum atomic E-state index is 0.234. The van der Waals surface area contributed by atoms with Gasteiger partial charge in [0, 0.05) is 12.5 Å². The SMILES string of the molecule is c1ccc2c(c1)Cc1ccccc1C1OC(CN3CCCC3)CC21. The third kappa shape index (κ3) is 2.49. The van der Waals surface area contributed by atoms with Gasteiger partial charge in [-0.15, -0.1) is 0 Å². The van der Waals surface area contributed by atoms with Crippen LogP contribution in [0.4, 0.5) is 0 Å². The molecule has 0 amide bonds. The summed E-state index contributed by atoms with van der Waals surface area (Å²) < 4.78 is 6.65. The summed E-state index contributed by atoms with van der Waals surface area (Å²) in [5, 5.41) is 0. The minimum Gasteiger partial charge on any atom is -0.368 e. The molecule has 124 valence electrons. The lowest BCUT2D eigenvalue weighted by molar-refractivity contribution is 0.0232. The van der Waals surface area contributed by atoms with E-state index in [0.29, 0.717) is 12.0 Å². The van der Waals surface area contributed by atoms with Crippen molar-refractivity contribution in [2.24, 2.45) is 0 Å². The number of fused-ring (bicyclic) bond motifs is 5. The van der Waals surface area contributed by atoms with E-state index in [1.807, 2.05) is 0 Å². The average Bonchev–Trinajstić information content (AvgIpc) is 3.24. The molecule has 2 nitrogen and oxygen atoms in total. The number of benzene rings is 2. The van der Waals surface area contributed by atoms with Crippen LogP contribution in [0.25, 0.3) is 0 Å². The fourth-order valence-electron chi connectivity index (χ4n) is 4.95. The maximum absolute atomic E-state index is 6.65. The number of ether oxygens (including phenoxy) is 1. The van der Waals surface area contributed by atoms with E-state index in [1.54, 1.807) is 0 Å². The maximum Gasteiger partial charge on any atom is 0.0901 e. The Hall–Kier alpha value is -1.64. The molecule has 0 bridgehead atoms. The van der Waals surface area contributed by atoms with Gasteiger partial charge >= 0.3 is 0 Å². The topological polar surface area (TPSA) is 12.5 Å². The third-order valence-electron chi connectivity index (χ3n) is 6.08. The molecular formula is C22H25NO. The Bertz CT molecular complexity index is 681. The van der Waals surface area contributed by atoms with Crippen molar-refractivity contribution >= 4 is 0 Å². The molecule has 2 saturated heterocycles. The highest BCUT2D eigenvalue weighted by Gasteiger charge is 2.41. The summed E-state index contributed by atoms with van der Waals surface area (Å²) in [6.45, 7) is 3.61. The molecule has 2 aromatic carbocycles. The van der Waals surface area contributed by atoms with E-state index in [2.05, 4.69) is 53.4 Å². The Labute approximate surface area is 144 Å². The lowest BCUT2D eigenvalue weighted by Crippen LogP contribution is -2.29. The molecule has 0 aromatic heterocycles. The molecule has 2 fully saturated rings. The number of rotatable bonds is 2. The van der Waals surface area contributed by atoms with Crippen molar-refractivity contribution in [3.05, 3.63) is 70.8 Å². The van der Waals surface area contributed by atoms with Crippen LogP contribution in [0.2, 0.25) is 0 Å². The molecule has 0 saturated carbocycles. The molecule has 1 aliphatic carbocycles. The highest BCUT2D eigenvalue weighted by Crippen LogP contribution is 2.49. The average molecular weight is 319 g/mol. The quantitative estimate of drug-likeness (QED) is 0.818. The van der Waals surface area contributed by atoms with Gasteiger partial charge in [-0.05, 0) is 61.0 Å². The summed E-state index contributed by atoms with van der Waals surface area (Å²) in [6, 6.07) is 17.9. The Kier molecular flexibility index (Phi) is 3.68. The van der Waals surface area contributed by atoms with Crippen LogP contribution in [0.3, 0.4) is 0 Å². The van der Waals surface area contributed by atoms with Crippen molar-refractivity contribution in [2.45, 2.75) is 43.8 Å². The van der Waals surface area contributed by atoms with Crippen LogP contribution >= 0.6 is 0 Å². The van der Waals surface area contributed by atoms with E-state index >= 15 is 0 Å². The van der Waals surface area contributed by atoms with Crippen molar-refractivity contribution in [1.29, 1.82) is 0 Å². The highest BCUT2D eigenvalue weighted by atomic mass is 16.5. The smallest absolute Gasteiger partial charge is 0.0901 e. The lowest BCUT2D eigenvalue weighted by Gasteiger charge is -2.21. The molecule has 2 aliphatic heterocycles. The van der Waals surface area contributed by atoms with E-state index in [-0.39, 0.29) is 6.10 Å². The van der Waals surface area contributed by atoms with Crippen molar-refractivity contribution in [3.63, 3.8) is 0 Å². The first-order valence-electron chi connectivity index (χ1n) is 9.42. The first-order chi connectivity index (χ1) is 11.9. The summed E-state index contributed by atoms with van der Waals surface area (Å²) in [4.78, 5) is 2.59. The van der Waals surface area contributed by atoms with E-state index < -0.39 is 0 Å². The molecule has 3 unspecified atom stereocenters. The van der Waals surface area contributed by atoms with Crippen LogP contribution in [0.15, 0.2) is 48.5 Å². The van der Waals surface area contributed by atoms with Crippen LogP contribution in [0.1, 0.15) is 53.5 Å². The van der Waals surface area contributed by atoms with Gasteiger partial charge in [0.15, 0.2) is 0 Å². The molecule has 0 spiro atoms. The van der Waals surface area contributed by atoms with Gasteiger partial charge in [0.25, 0.3) is 0 Å². The minimum absolute atomic E-state index is 0.234. The predicted molar refractivity (Wildman–Crippen MR) is 96.3 cm³/mol. The third-order valence-corrected chi connectivity index (χ3v) is 6.08. The van der Waals surface area contributed by atoms with Gasteiger partial charge in [0.2, 0.25) is 0 Å². The van der Waals surface area contributed by atoms with Gasteiger partial charge < -0.3 is 9.64 Å². The molecule has 3 atom stereocenters. The molecule has 2 heterocycles. The normalized spacial score (nSPS) is 28.9. The first kappa shape index (κ1) is 14.7. The first-order valence-corrected chi connectivity index (χ1v) is 9.42. The zero-order valence-electron chi connectivity index (χ0n) is 14.2. The summed E-state index contributed by atoms with van der Waals surface area (Å²) >= 11 is 0. The summed E-state index contributed by atoms with van der Waals surface area (Å²) in [6.07, 6.45) is 5.51. The second-order valence-electron chi connectivity index (χ2n) is 7.60. The van der Waals surface area contributed by atoms with Crippen LogP contribution in [0, 0.1) is 0 Å². The van der Waals surface area contributed by atoms with E-state index in [4.69, 9.17) is 4.74 Å².